The molecule has 3 heteroatoms. The molecule has 0 aliphatic heterocycles. The molecule has 0 amide bonds. The van der Waals surface area contributed by atoms with Crippen molar-refractivity contribution in [2.45, 2.75) is 39.0 Å². The molecule has 0 saturated carbocycles. The third kappa shape index (κ3) is 3.51. The van der Waals surface area contributed by atoms with Crippen molar-refractivity contribution in [3.8, 4) is 5.75 Å². The average molecular weight is 223 g/mol. The zero-order chi connectivity index (χ0) is 12.1. The number of benzene rings is 1. The van der Waals surface area contributed by atoms with Crippen LogP contribution < -0.4 is 10.1 Å². The Labute approximate surface area is 97.4 Å². The second-order valence-corrected chi connectivity index (χ2v) is 4.19. The molecule has 0 heterocycles. The van der Waals surface area contributed by atoms with Gasteiger partial charge in [-0.2, -0.15) is 0 Å². The van der Waals surface area contributed by atoms with Gasteiger partial charge in [-0.25, -0.2) is 0 Å². The van der Waals surface area contributed by atoms with Crippen molar-refractivity contribution >= 4 is 0 Å². The maximum atomic E-state index is 9.43. The van der Waals surface area contributed by atoms with Gasteiger partial charge in [-0.05, 0) is 38.5 Å². The molecule has 0 fully saturated rings. The zero-order valence-electron chi connectivity index (χ0n) is 10.4. The molecule has 3 nitrogen and oxygen atoms in total. The van der Waals surface area contributed by atoms with Crippen LogP contribution in [0.3, 0.4) is 0 Å². The number of nitrogens with one attached hydrogen (secondary N) is 1. The lowest BCUT2D eigenvalue weighted by molar-refractivity contribution is 0.147. The monoisotopic (exact) mass is 223 g/mol. The van der Waals surface area contributed by atoms with Crippen molar-refractivity contribution in [1.82, 2.24) is 5.32 Å². The van der Waals surface area contributed by atoms with E-state index in [0.29, 0.717) is 0 Å². The van der Waals surface area contributed by atoms with E-state index in [4.69, 9.17) is 4.74 Å². The summed E-state index contributed by atoms with van der Waals surface area (Å²) in [5, 5.41) is 12.8. The third-order valence-corrected chi connectivity index (χ3v) is 2.83. The molecule has 1 rings (SSSR count). The highest BCUT2D eigenvalue weighted by Gasteiger charge is 2.13. The first-order valence-corrected chi connectivity index (χ1v) is 5.62. The van der Waals surface area contributed by atoms with Crippen LogP contribution in [-0.4, -0.2) is 24.4 Å². The van der Waals surface area contributed by atoms with E-state index in [0.717, 1.165) is 11.3 Å². The van der Waals surface area contributed by atoms with E-state index in [9.17, 15) is 5.11 Å². The molecule has 1 aromatic rings. The van der Waals surface area contributed by atoms with Crippen LogP contribution in [0.4, 0.5) is 0 Å². The van der Waals surface area contributed by atoms with Crippen molar-refractivity contribution in [2.24, 2.45) is 0 Å². The van der Waals surface area contributed by atoms with Crippen molar-refractivity contribution < 1.29 is 9.84 Å². The number of hydrogen-bond acceptors (Lipinski definition) is 3. The average Bonchev–Trinajstić information content (AvgIpc) is 2.28. The minimum atomic E-state index is -0.354. The molecule has 2 unspecified atom stereocenters. The summed E-state index contributed by atoms with van der Waals surface area (Å²) in [6.07, 6.45) is -0.354. The Morgan fingerprint density at radius 2 is 1.94 bits per heavy atom. The Morgan fingerprint density at radius 1 is 1.25 bits per heavy atom. The van der Waals surface area contributed by atoms with Gasteiger partial charge < -0.3 is 15.2 Å². The van der Waals surface area contributed by atoms with E-state index in [1.165, 1.54) is 0 Å². The van der Waals surface area contributed by atoms with E-state index >= 15 is 0 Å². The van der Waals surface area contributed by atoms with Crippen LogP contribution in [0.15, 0.2) is 24.3 Å². The lowest BCUT2D eigenvalue weighted by Crippen LogP contribution is -2.37. The molecule has 0 aromatic heterocycles. The Morgan fingerprint density at radius 3 is 2.50 bits per heavy atom. The maximum absolute atomic E-state index is 9.43. The molecule has 1 aromatic carbocycles. The molecule has 0 aliphatic carbocycles. The van der Waals surface area contributed by atoms with Gasteiger partial charge in [0.2, 0.25) is 0 Å². The van der Waals surface area contributed by atoms with Gasteiger partial charge in [0.05, 0.1) is 13.2 Å². The van der Waals surface area contributed by atoms with E-state index in [2.05, 4.69) is 18.3 Å². The molecule has 0 bridgehead atoms. The van der Waals surface area contributed by atoms with Crippen molar-refractivity contribution in [3.63, 3.8) is 0 Å². The number of aliphatic hydroxyl groups excluding tert-OH is 1. The summed E-state index contributed by atoms with van der Waals surface area (Å²) in [6, 6.07) is 8.22. The summed E-state index contributed by atoms with van der Waals surface area (Å²) in [4.78, 5) is 0. The Hall–Kier alpha value is -1.06. The van der Waals surface area contributed by atoms with Crippen LogP contribution in [0, 0.1) is 0 Å². The quantitative estimate of drug-likeness (QED) is 0.803. The first-order valence-electron chi connectivity index (χ1n) is 5.62. The fraction of sp³-hybridized carbons (Fsp3) is 0.538. The SMILES string of the molecule is COc1cccc([C@@H](C)NC(C)C(C)O)c1. The second kappa shape index (κ2) is 5.87. The second-order valence-electron chi connectivity index (χ2n) is 4.19. The molecule has 90 valence electrons. The summed E-state index contributed by atoms with van der Waals surface area (Å²) in [6.45, 7) is 5.84. The van der Waals surface area contributed by atoms with Gasteiger partial charge in [0, 0.05) is 12.1 Å². The highest BCUT2D eigenvalue weighted by atomic mass is 16.5. The summed E-state index contributed by atoms with van der Waals surface area (Å²) in [5.41, 5.74) is 1.16. The molecule has 3 atom stereocenters. The van der Waals surface area contributed by atoms with Gasteiger partial charge in [-0.3, -0.25) is 0 Å². The molecule has 0 radical (unpaired) electrons. The van der Waals surface area contributed by atoms with Gasteiger partial charge in [0.15, 0.2) is 0 Å². The standard InChI is InChI=1S/C13H21NO2/c1-9(11(3)15)14-10(2)12-6-5-7-13(8-12)16-4/h5-11,14-15H,1-4H3/t9?,10-,11?/m1/s1. The molecular weight excluding hydrogens is 202 g/mol. The Balaban J connectivity index is 2.68. The normalized spacial score (nSPS) is 16.6. The minimum Gasteiger partial charge on any atom is -0.497 e. The first kappa shape index (κ1) is 13.0. The van der Waals surface area contributed by atoms with Crippen LogP contribution in [0.1, 0.15) is 32.4 Å². The molecular formula is C13H21NO2. The van der Waals surface area contributed by atoms with E-state index < -0.39 is 0 Å². The van der Waals surface area contributed by atoms with Crippen LogP contribution in [0.5, 0.6) is 5.75 Å². The van der Waals surface area contributed by atoms with Crippen LogP contribution in [-0.2, 0) is 0 Å². The van der Waals surface area contributed by atoms with Gasteiger partial charge in [0.1, 0.15) is 5.75 Å². The summed E-state index contributed by atoms with van der Waals surface area (Å²) < 4.78 is 5.18. The van der Waals surface area contributed by atoms with Gasteiger partial charge in [0.25, 0.3) is 0 Å². The van der Waals surface area contributed by atoms with E-state index in [1.54, 1.807) is 14.0 Å². The highest BCUT2D eigenvalue weighted by molar-refractivity contribution is 5.30. The molecule has 2 N–H and O–H groups in total. The molecule has 0 saturated heterocycles. The fourth-order valence-corrected chi connectivity index (χ4v) is 1.54. The predicted octanol–water partition coefficient (Wildman–Crippen LogP) is 2.12. The number of ether oxygens (including phenoxy) is 1. The lowest BCUT2D eigenvalue weighted by atomic mass is 10.1. The number of rotatable bonds is 5. The topological polar surface area (TPSA) is 41.5 Å². The Bertz CT molecular complexity index is 325. The van der Waals surface area contributed by atoms with E-state index in [-0.39, 0.29) is 18.2 Å². The highest BCUT2D eigenvalue weighted by Crippen LogP contribution is 2.19. The third-order valence-electron chi connectivity index (χ3n) is 2.83. The van der Waals surface area contributed by atoms with Crippen molar-refractivity contribution in [2.75, 3.05) is 7.11 Å². The lowest BCUT2D eigenvalue weighted by Gasteiger charge is -2.22. The molecule has 0 spiro atoms. The van der Waals surface area contributed by atoms with Crippen LogP contribution in [0.2, 0.25) is 0 Å². The largest absolute Gasteiger partial charge is 0.497 e. The van der Waals surface area contributed by atoms with Gasteiger partial charge in [-0.15, -0.1) is 0 Å². The summed E-state index contributed by atoms with van der Waals surface area (Å²) >= 11 is 0. The zero-order valence-corrected chi connectivity index (χ0v) is 10.4. The number of hydrogen-bond donors (Lipinski definition) is 2. The predicted molar refractivity (Wildman–Crippen MR) is 65.7 cm³/mol. The number of aliphatic hydroxyl groups is 1. The summed E-state index contributed by atoms with van der Waals surface area (Å²) in [7, 11) is 1.66. The van der Waals surface area contributed by atoms with Crippen LogP contribution in [0.25, 0.3) is 0 Å². The van der Waals surface area contributed by atoms with Crippen molar-refractivity contribution in [3.05, 3.63) is 29.8 Å². The smallest absolute Gasteiger partial charge is 0.119 e. The number of methoxy groups -OCH3 is 1. The van der Waals surface area contributed by atoms with Gasteiger partial charge >= 0.3 is 0 Å². The van der Waals surface area contributed by atoms with Crippen LogP contribution >= 0.6 is 0 Å². The van der Waals surface area contributed by atoms with E-state index in [1.807, 2.05) is 25.1 Å². The van der Waals surface area contributed by atoms with Gasteiger partial charge in [-0.1, -0.05) is 12.1 Å². The summed E-state index contributed by atoms with van der Waals surface area (Å²) in [5.74, 6) is 0.857. The fourth-order valence-electron chi connectivity index (χ4n) is 1.54. The first-order chi connectivity index (χ1) is 7.54. The minimum absolute atomic E-state index is 0.0706. The molecule has 16 heavy (non-hydrogen) atoms. The van der Waals surface area contributed by atoms with Crippen molar-refractivity contribution in [1.29, 1.82) is 0 Å². The Kier molecular flexibility index (Phi) is 4.77. The molecule has 0 aliphatic rings. The maximum Gasteiger partial charge on any atom is 0.119 e.